The minimum Gasteiger partial charge on any atom is -0.375 e. The van der Waals surface area contributed by atoms with E-state index in [1.165, 1.54) is 0 Å². The topological polar surface area (TPSA) is 21.6 Å². The fraction of sp³-hybridized carbons (Fsp3) is 0.208. The Balaban J connectivity index is 2.26. The van der Waals surface area contributed by atoms with Crippen LogP contribution in [0.4, 0.5) is 0 Å². The quantitative estimate of drug-likeness (QED) is 0.285. The molecule has 0 aliphatic rings. The molecule has 0 saturated heterocycles. The third-order valence-corrected chi connectivity index (χ3v) is 4.67. The second-order valence-electron chi connectivity index (χ2n) is 6.24. The van der Waals surface area contributed by atoms with Gasteiger partial charge in [0.25, 0.3) is 0 Å². The molecule has 0 fully saturated rings. The second-order valence-corrected chi connectivity index (χ2v) is 6.24. The fourth-order valence-corrected chi connectivity index (χ4v) is 3.19. The molecule has 0 bridgehead atoms. The lowest BCUT2D eigenvalue weighted by Crippen LogP contribution is -2.31. The first-order valence-corrected chi connectivity index (χ1v) is 9.21. The third kappa shape index (κ3) is 3.55. The molecular formula is C24H25NO. The van der Waals surface area contributed by atoms with Crippen molar-refractivity contribution in [1.82, 2.24) is 0 Å². The number of hydrogen-bond donors (Lipinski definition) is 0. The molecule has 3 rings (SSSR count). The fourth-order valence-electron chi connectivity index (χ4n) is 3.19. The van der Waals surface area contributed by atoms with Gasteiger partial charge in [-0.05, 0) is 12.8 Å². The van der Waals surface area contributed by atoms with Crippen LogP contribution >= 0.6 is 0 Å². The van der Waals surface area contributed by atoms with Gasteiger partial charge in [-0.2, -0.15) is 0 Å². The van der Waals surface area contributed by atoms with Crippen LogP contribution in [0.5, 0.6) is 0 Å². The normalized spacial score (nSPS) is 11.0. The van der Waals surface area contributed by atoms with Crippen molar-refractivity contribution < 1.29 is 4.84 Å². The number of benzene rings is 3. The summed E-state index contributed by atoms with van der Waals surface area (Å²) in [6.07, 6.45) is 1.76. The first kappa shape index (κ1) is 17.9. The summed E-state index contributed by atoms with van der Waals surface area (Å²) in [5.41, 5.74) is 3.46. The molecule has 132 valence electrons. The Labute approximate surface area is 156 Å². The number of nitrogens with zero attached hydrogens (tertiary/aromatic N) is 1. The van der Waals surface area contributed by atoms with E-state index in [2.05, 4.69) is 55.4 Å². The van der Waals surface area contributed by atoms with Crippen molar-refractivity contribution in [3.63, 3.8) is 0 Å². The van der Waals surface area contributed by atoms with Crippen LogP contribution in [0.2, 0.25) is 0 Å². The summed E-state index contributed by atoms with van der Waals surface area (Å²) in [6.45, 7) is 4.22. The summed E-state index contributed by atoms with van der Waals surface area (Å²) < 4.78 is 0. The van der Waals surface area contributed by atoms with Gasteiger partial charge < -0.3 is 4.84 Å². The summed E-state index contributed by atoms with van der Waals surface area (Å²) in [4.78, 5) is 6.42. The maximum Gasteiger partial charge on any atom is 0.212 e. The van der Waals surface area contributed by atoms with Crippen LogP contribution in [0.1, 0.15) is 43.4 Å². The zero-order valence-electron chi connectivity index (χ0n) is 15.4. The SMILES string of the molecule is CCC(CC)=NOC(c1ccccc1)(c1ccccc1)c1ccccc1. The molecular weight excluding hydrogens is 318 g/mol. The van der Waals surface area contributed by atoms with Gasteiger partial charge in [0.1, 0.15) is 0 Å². The predicted molar refractivity (Wildman–Crippen MR) is 108 cm³/mol. The van der Waals surface area contributed by atoms with E-state index in [1.807, 2.05) is 54.6 Å². The predicted octanol–water partition coefficient (Wildman–Crippen LogP) is 6.17. The van der Waals surface area contributed by atoms with Gasteiger partial charge in [-0.25, -0.2) is 0 Å². The van der Waals surface area contributed by atoms with Crippen LogP contribution in [-0.4, -0.2) is 5.71 Å². The highest BCUT2D eigenvalue weighted by atomic mass is 16.6. The summed E-state index contributed by atoms with van der Waals surface area (Å²) in [5.74, 6) is 0. The van der Waals surface area contributed by atoms with Gasteiger partial charge in [0.2, 0.25) is 5.60 Å². The largest absolute Gasteiger partial charge is 0.375 e. The summed E-state index contributed by atoms with van der Waals surface area (Å²) in [7, 11) is 0. The van der Waals surface area contributed by atoms with E-state index in [9.17, 15) is 0 Å². The molecule has 26 heavy (non-hydrogen) atoms. The molecule has 0 unspecified atom stereocenters. The molecule has 0 aliphatic carbocycles. The minimum absolute atomic E-state index is 0.778. The number of hydrogen-bond acceptors (Lipinski definition) is 2. The van der Waals surface area contributed by atoms with Crippen molar-refractivity contribution in [2.75, 3.05) is 0 Å². The lowest BCUT2D eigenvalue weighted by atomic mass is 9.80. The Bertz CT molecular complexity index is 723. The van der Waals surface area contributed by atoms with Crippen molar-refractivity contribution in [3.8, 4) is 0 Å². The lowest BCUT2D eigenvalue weighted by Gasteiger charge is -2.33. The highest BCUT2D eigenvalue weighted by molar-refractivity contribution is 5.83. The van der Waals surface area contributed by atoms with E-state index in [0.29, 0.717) is 0 Å². The molecule has 0 aromatic heterocycles. The Kier molecular flexibility index (Phi) is 5.85. The highest BCUT2D eigenvalue weighted by Gasteiger charge is 2.39. The monoisotopic (exact) mass is 343 g/mol. The van der Waals surface area contributed by atoms with Crippen LogP contribution < -0.4 is 0 Å². The smallest absolute Gasteiger partial charge is 0.212 e. The Hall–Kier alpha value is -2.87. The van der Waals surface area contributed by atoms with Gasteiger partial charge in [0.05, 0.1) is 5.71 Å². The van der Waals surface area contributed by atoms with Crippen LogP contribution in [-0.2, 0) is 10.4 Å². The molecule has 0 heterocycles. The van der Waals surface area contributed by atoms with Crippen molar-refractivity contribution in [2.45, 2.75) is 32.3 Å². The molecule has 0 amide bonds. The summed E-state index contributed by atoms with van der Waals surface area (Å²) >= 11 is 0. The van der Waals surface area contributed by atoms with Crippen molar-refractivity contribution in [2.24, 2.45) is 5.16 Å². The maximum atomic E-state index is 6.42. The first-order chi connectivity index (χ1) is 12.8. The molecule has 0 aliphatic heterocycles. The minimum atomic E-state index is -0.778. The molecule has 0 saturated carbocycles. The van der Waals surface area contributed by atoms with Gasteiger partial charge in [0.15, 0.2) is 0 Å². The molecule has 3 aromatic rings. The number of rotatable bonds is 7. The van der Waals surface area contributed by atoms with E-state index in [-0.39, 0.29) is 0 Å². The van der Waals surface area contributed by atoms with Crippen molar-refractivity contribution >= 4 is 5.71 Å². The molecule has 0 N–H and O–H groups in total. The third-order valence-electron chi connectivity index (χ3n) is 4.67. The molecule has 0 spiro atoms. The zero-order valence-corrected chi connectivity index (χ0v) is 15.4. The van der Waals surface area contributed by atoms with Gasteiger partial charge in [-0.3, -0.25) is 0 Å². The van der Waals surface area contributed by atoms with Gasteiger partial charge in [-0.1, -0.05) is 110 Å². The molecule has 0 radical (unpaired) electrons. The standard InChI is InChI=1S/C24H25NO/c1-3-23(4-2)25-26-24(20-14-8-5-9-15-20,21-16-10-6-11-17-21)22-18-12-7-13-19-22/h5-19H,3-4H2,1-2H3. The Morgan fingerprint density at radius 3 is 1.31 bits per heavy atom. The average Bonchev–Trinajstić information content (AvgIpc) is 2.74. The summed E-state index contributed by atoms with van der Waals surface area (Å²) in [6, 6.07) is 31.0. The zero-order chi connectivity index (χ0) is 18.2. The summed E-state index contributed by atoms with van der Waals surface area (Å²) in [5, 5.41) is 4.58. The van der Waals surface area contributed by atoms with Gasteiger partial charge in [0, 0.05) is 16.7 Å². The highest BCUT2D eigenvalue weighted by Crippen LogP contribution is 2.40. The van der Waals surface area contributed by atoms with E-state index in [1.54, 1.807) is 0 Å². The van der Waals surface area contributed by atoms with E-state index in [0.717, 1.165) is 35.2 Å². The van der Waals surface area contributed by atoms with Crippen molar-refractivity contribution in [3.05, 3.63) is 108 Å². The van der Waals surface area contributed by atoms with E-state index < -0.39 is 5.60 Å². The molecule has 0 atom stereocenters. The molecule has 3 aromatic carbocycles. The van der Waals surface area contributed by atoms with E-state index >= 15 is 0 Å². The Morgan fingerprint density at radius 1 is 0.654 bits per heavy atom. The van der Waals surface area contributed by atoms with Gasteiger partial charge in [-0.15, -0.1) is 0 Å². The number of oxime groups is 1. The van der Waals surface area contributed by atoms with E-state index in [4.69, 9.17) is 4.84 Å². The average molecular weight is 343 g/mol. The van der Waals surface area contributed by atoms with Crippen LogP contribution in [0.3, 0.4) is 0 Å². The van der Waals surface area contributed by atoms with Crippen LogP contribution in [0.25, 0.3) is 0 Å². The van der Waals surface area contributed by atoms with Crippen LogP contribution in [0.15, 0.2) is 96.2 Å². The van der Waals surface area contributed by atoms with Crippen molar-refractivity contribution in [1.29, 1.82) is 0 Å². The molecule has 2 heteroatoms. The van der Waals surface area contributed by atoms with Crippen LogP contribution in [0, 0.1) is 0 Å². The Morgan fingerprint density at radius 2 is 1.00 bits per heavy atom. The van der Waals surface area contributed by atoms with Gasteiger partial charge >= 0.3 is 0 Å². The first-order valence-electron chi connectivity index (χ1n) is 9.21. The maximum absolute atomic E-state index is 6.42. The second kappa shape index (κ2) is 8.48. The lowest BCUT2D eigenvalue weighted by molar-refractivity contribution is 0.0165. The molecule has 2 nitrogen and oxygen atoms in total.